The van der Waals surface area contributed by atoms with Gasteiger partial charge in [0.05, 0.1) is 10.7 Å². The van der Waals surface area contributed by atoms with Crippen molar-refractivity contribution in [2.45, 2.75) is 32.9 Å². The second kappa shape index (κ2) is 9.34. The summed E-state index contributed by atoms with van der Waals surface area (Å²) in [5, 5.41) is 0.361. The molecule has 13 heteroatoms. The molecule has 0 spiro atoms. The highest BCUT2D eigenvalue weighted by atomic mass is 35.5. The molecule has 0 aliphatic carbocycles. The van der Waals surface area contributed by atoms with Crippen molar-refractivity contribution in [1.29, 1.82) is 0 Å². The van der Waals surface area contributed by atoms with Crippen molar-refractivity contribution in [2.75, 3.05) is 31.1 Å². The first-order valence-electron chi connectivity index (χ1n) is 11.4. The highest BCUT2D eigenvalue weighted by molar-refractivity contribution is 6.32. The van der Waals surface area contributed by atoms with Crippen LogP contribution in [0, 0.1) is 0 Å². The number of nitrogens with two attached hydrogens (primary N) is 1. The Balaban J connectivity index is 1.86. The molecule has 36 heavy (non-hydrogen) atoms. The molecule has 0 bridgehead atoms. The third kappa shape index (κ3) is 4.68. The molecule has 1 saturated heterocycles. The fourth-order valence-corrected chi connectivity index (χ4v) is 4.30. The number of anilines is 1. The number of primary amides is 1. The monoisotopic (exact) mass is 517 g/mol. The zero-order chi connectivity index (χ0) is 26.4. The predicted octanol–water partition coefficient (Wildman–Crippen LogP) is 1.08. The zero-order valence-electron chi connectivity index (χ0n) is 20.5. The third-order valence-electron chi connectivity index (χ3n) is 5.74. The standard InChI is InChI=1S/C23H28ClN7O5/c1-23(2,3)36-22(35)29-11-9-28(10-12-29)20-26-18-17(31(20)15-8-6-5-7-14(15)24)19(33)27(4)21(34)30(18)13-16(25)32/h5-8H,9-13H2,1-4H3,(H2,25,32). The molecule has 0 radical (unpaired) electrons. The van der Waals surface area contributed by atoms with Crippen molar-refractivity contribution in [3.8, 4) is 5.69 Å². The van der Waals surface area contributed by atoms with Crippen LogP contribution in [0.4, 0.5) is 10.7 Å². The van der Waals surface area contributed by atoms with Crippen molar-refractivity contribution >= 4 is 40.7 Å². The molecule has 1 aliphatic heterocycles. The Labute approximate surface area is 211 Å². The van der Waals surface area contributed by atoms with E-state index in [-0.39, 0.29) is 11.2 Å². The van der Waals surface area contributed by atoms with E-state index in [1.54, 1.807) is 54.5 Å². The number of carbonyl (C=O) groups is 2. The van der Waals surface area contributed by atoms with Gasteiger partial charge >= 0.3 is 11.8 Å². The minimum absolute atomic E-state index is 0.0198. The summed E-state index contributed by atoms with van der Waals surface area (Å²) >= 11 is 6.51. The summed E-state index contributed by atoms with van der Waals surface area (Å²) in [7, 11) is 1.32. The lowest BCUT2D eigenvalue weighted by Crippen LogP contribution is -2.50. The Hall–Kier alpha value is -3.80. The molecule has 1 aromatic carbocycles. The van der Waals surface area contributed by atoms with Gasteiger partial charge in [-0.05, 0) is 32.9 Å². The average Bonchev–Trinajstić information content (AvgIpc) is 3.20. The number of piperazine rings is 1. The Morgan fingerprint density at radius 3 is 2.33 bits per heavy atom. The second-order valence-electron chi connectivity index (χ2n) is 9.52. The van der Waals surface area contributed by atoms with Gasteiger partial charge in [0.25, 0.3) is 5.56 Å². The largest absolute Gasteiger partial charge is 0.444 e. The number of rotatable bonds is 4. The van der Waals surface area contributed by atoms with E-state index in [9.17, 15) is 19.2 Å². The van der Waals surface area contributed by atoms with Crippen molar-refractivity contribution < 1.29 is 14.3 Å². The normalized spacial score (nSPS) is 14.4. The van der Waals surface area contributed by atoms with Crippen LogP contribution < -0.4 is 21.9 Å². The van der Waals surface area contributed by atoms with E-state index < -0.39 is 35.4 Å². The van der Waals surface area contributed by atoms with Gasteiger partial charge in [0.1, 0.15) is 12.1 Å². The lowest BCUT2D eigenvalue weighted by Gasteiger charge is -2.36. The van der Waals surface area contributed by atoms with E-state index in [0.29, 0.717) is 42.8 Å². The summed E-state index contributed by atoms with van der Waals surface area (Å²) < 4.78 is 9.04. The van der Waals surface area contributed by atoms with Gasteiger partial charge in [-0.2, -0.15) is 4.98 Å². The van der Waals surface area contributed by atoms with Crippen LogP contribution in [0.1, 0.15) is 20.8 Å². The quantitative estimate of drug-likeness (QED) is 0.546. The smallest absolute Gasteiger partial charge is 0.410 e. The first-order chi connectivity index (χ1) is 16.9. The van der Waals surface area contributed by atoms with E-state index in [1.165, 1.54) is 7.05 Å². The maximum absolute atomic E-state index is 13.3. The Bertz CT molecular complexity index is 1460. The van der Waals surface area contributed by atoms with Gasteiger partial charge in [-0.1, -0.05) is 23.7 Å². The Morgan fingerprint density at radius 1 is 1.11 bits per heavy atom. The predicted molar refractivity (Wildman–Crippen MR) is 135 cm³/mol. The van der Waals surface area contributed by atoms with Crippen LogP contribution in [0.2, 0.25) is 5.02 Å². The summed E-state index contributed by atoms with van der Waals surface area (Å²) in [6.45, 7) is 6.44. The lowest BCUT2D eigenvalue weighted by molar-refractivity contribution is -0.118. The fourth-order valence-electron chi connectivity index (χ4n) is 4.08. The molecule has 0 unspecified atom stereocenters. The summed E-state index contributed by atoms with van der Waals surface area (Å²) in [6.07, 6.45) is -0.411. The molecular formula is C23H28ClN7O5. The van der Waals surface area contributed by atoms with Gasteiger partial charge in [-0.3, -0.25) is 23.3 Å². The highest BCUT2D eigenvalue weighted by Gasteiger charge is 2.30. The summed E-state index contributed by atoms with van der Waals surface area (Å²) in [5.41, 5.74) is 4.04. The van der Waals surface area contributed by atoms with Gasteiger partial charge in [0.15, 0.2) is 11.2 Å². The summed E-state index contributed by atoms with van der Waals surface area (Å²) in [6, 6.07) is 6.93. The lowest BCUT2D eigenvalue weighted by atomic mass is 10.2. The van der Waals surface area contributed by atoms with Crippen LogP contribution in [-0.4, -0.2) is 67.4 Å². The van der Waals surface area contributed by atoms with Crippen molar-refractivity contribution in [3.05, 3.63) is 50.1 Å². The molecule has 0 saturated carbocycles. The molecule has 4 rings (SSSR count). The number of amides is 2. The molecular weight excluding hydrogens is 490 g/mol. The second-order valence-corrected chi connectivity index (χ2v) is 9.93. The number of benzene rings is 1. The average molecular weight is 518 g/mol. The van der Waals surface area contributed by atoms with Gasteiger partial charge in [0, 0.05) is 33.2 Å². The highest BCUT2D eigenvalue weighted by Crippen LogP contribution is 2.30. The molecule has 192 valence electrons. The molecule has 1 aliphatic rings. The number of hydrogen-bond donors (Lipinski definition) is 1. The van der Waals surface area contributed by atoms with Crippen LogP contribution in [0.15, 0.2) is 33.9 Å². The number of fused-ring (bicyclic) bond motifs is 1. The minimum Gasteiger partial charge on any atom is -0.444 e. The topological polar surface area (TPSA) is 138 Å². The van der Waals surface area contributed by atoms with E-state index >= 15 is 0 Å². The number of para-hydroxylation sites is 1. The summed E-state index contributed by atoms with van der Waals surface area (Å²) in [4.78, 5) is 58.5. The maximum atomic E-state index is 13.3. The minimum atomic E-state index is -0.753. The molecule has 12 nitrogen and oxygen atoms in total. The third-order valence-corrected chi connectivity index (χ3v) is 6.06. The number of aromatic nitrogens is 4. The Kier molecular flexibility index (Phi) is 6.56. The first-order valence-corrected chi connectivity index (χ1v) is 11.7. The van der Waals surface area contributed by atoms with E-state index in [4.69, 9.17) is 22.1 Å². The van der Waals surface area contributed by atoms with Gasteiger partial charge < -0.3 is 20.3 Å². The van der Waals surface area contributed by atoms with Crippen molar-refractivity contribution in [2.24, 2.45) is 12.8 Å². The summed E-state index contributed by atoms with van der Waals surface area (Å²) in [5.74, 6) is -0.403. The number of imidazole rings is 1. The van der Waals surface area contributed by atoms with Crippen LogP contribution in [-0.2, 0) is 23.1 Å². The number of halogens is 1. The first kappa shape index (κ1) is 25.3. The molecule has 2 aromatic heterocycles. The molecule has 2 N–H and O–H groups in total. The molecule has 2 amide bonds. The molecule has 1 fully saturated rings. The van der Waals surface area contributed by atoms with Crippen LogP contribution in [0.3, 0.4) is 0 Å². The zero-order valence-corrected chi connectivity index (χ0v) is 21.3. The van der Waals surface area contributed by atoms with E-state index in [2.05, 4.69) is 4.98 Å². The van der Waals surface area contributed by atoms with Crippen LogP contribution in [0.25, 0.3) is 16.9 Å². The number of nitrogens with zero attached hydrogens (tertiary/aromatic N) is 6. The number of hydrogen-bond acceptors (Lipinski definition) is 7. The molecule has 0 atom stereocenters. The van der Waals surface area contributed by atoms with Crippen molar-refractivity contribution in [1.82, 2.24) is 23.6 Å². The van der Waals surface area contributed by atoms with Gasteiger partial charge in [-0.25, -0.2) is 9.59 Å². The van der Waals surface area contributed by atoms with Gasteiger partial charge in [0.2, 0.25) is 11.9 Å². The van der Waals surface area contributed by atoms with Crippen molar-refractivity contribution in [3.63, 3.8) is 0 Å². The van der Waals surface area contributed by atoms with Crippen LogP contribution in [0.5, 0.6) is 0 Å². The Morgan fingerprint density at radius 2 is 1.75 bits per heavy atom. The molecule has 3 aromatic rings. The van der Waals surface area contributed by atoms with E-state index in [0.717, 1.165) is 9.13 Å². The van der Waals surface area contributed by atoms with E-state index in [1.807, 2.05) is 4.90 Å². The SMILES string of the molecule is Cn1c(=O)c2c(nc(N3CCN(C(=O)OC(C)(C)C)CC3)n2-c2ccccc2Cl)n(CC(N)=O)c1=O. The van der Waals surface area contributed by atoms with Crippen LogP contribution >= 0.6 is 11.6 Å². The fraction of sp³-hybridized carbons (Fsp3) is 0.435. The number of carbonyl (C=O) groups excluding carboxylic acids is 2. The molecule has 3 heterocycles. The van der Waals surface area contributed by atoms with Gasteiger partial charge in [-0.15, -0.1) is 0 Å². The maximum Gasteiger partial charge on any atom is 0.410 e. The number of ether oxygens (including phenoxy) is 1.